The van der Waals surface area contributed by atoms with E-state index in [4.69, 9.17) is 5.73 Å². The van der Waals surface area contributed by atoms with Crippen LogP contribution >= 0.6 is 11.3 Å². The van der Waals surface area contributed by atoms with Crippen LogP contribution in [-0.2, 0) is 10.0 Å². The zero-order valence-electron chi connectivity index (χ0n) is 11.3. The van der Waals surface area contributed by atoms with Crippen molar-refractivity contribution in [2.45, 2.75) is 23.1 Å². The monoisotopic (exact) mass is 332 g/mol. The lowest BCUT2D eigenvalue weighted by Crippen LogP contribution is -2.51. The summed E-state index contributed by atoms with van der Waals surface area (Å²) in [7, 11) is -3.70. The Labute approximate surface area is 126 Å². The number of sulfonamides is 1. The minimum Gasteiger partial charge on any atom is -0.385 e. The largest absolute Gasteiger partial charge is 0.385 e. The molecule has 0 amide bonds. The molecule has 2 N–H and O–H groups in total. The molecule has 0 spiro atoms. The Hall–Kier alpha value is -1.23. The zero-order chi connectivity index (χ0) is 15.2. The second kappa shape index (κ2) is 5.20. The maximum atomic E-state index is 12.6. The predicted octanol–water partition coefficient (Wildman–Crippen LogP) is 0.707. The highest BCUT2D eigenvalue weighted by Crippen LogP contribution is 2.36. The van der Waals surface area contributed by atoms with Gasteiger partial charge in [0.05, 0.1) is 4.92 Å². The Kier molecular flexibility index (Phi) is 3.64. The van der Waals surface area contributed by atoms with Crippen molar-refractivity contribution in [1.82, 2.24) is 9.21 Å². The fourth-order valence-electron chi connectivity index (χ4n) is 2.95. The van der Waals surface area contributed by atoms with Crippen LogP contribution in [0.1, 0.15) is 12.8 Å². The van der Waals surface area contributed by atoms with Crippen LogP contribution < -0.4 is 5.73 Å². The van der Waals surface area contributed by atoms with Crippen molar-refractivity contribution in [3.8, 4) is 0 Å². The molecule has 2 saturated heterocycles. The highest BCUT2D eigenvalue weighted by atomic mass is 32.2. The second-order valence-electron chi connectivity index (χ2n) is 5.27. The van der Waals surface area contributed by atoms with Gasteiger partial charge >= 0.3 is 5.69 Å². The first-order valence-corrected chi connectivity index (χ1v) is 8.93. The molecule has 0 aromatic carbocycles. The highest BCUT2D eigenvalue weighted by molar-refractivity contribution is 7.91. The van der Waals surface area contributed by atoms with Gasteiger partial charge in [-0.2, -0.15) is 4.31 Å². The van der Waals surface area contributed by atoms with Crippen LogP contribution in [0.25, 0.3) is 0 Å². The Morgan fingerprint density at radius 1 is 1.38 bits per heavy atom. The smallest absolute Gasteiger partial charge is 0.304 e. The summed E-state index contributed by atoms with van der Waals surface area (Å²) in [6.07, 6.45) is 2.09. The van der Waals surface area contributed by atoms with Crippen molar-refractivity contribution < 1.29 is 13.3 Å². The average molecular weight is 332 g/mol. The van der Waals surface area contributed by atoms with Gasteiger partial charge in [-0.15, -0.1) is 0 Å². The number of thiophene rings is 1. The molecule has 0 radical (unpaired) electrons. The van der Waals surface area contributed by atoms with E-state index in [0.29, 0.717) is 19.6 Å². The van der Waals surface area contributed by atoms with Gasteiger partial charge in [-0.3, -0.25) is 15.0 Å². The summed E-state index contributed by atoms with van der Waals surface area (Å²) in [6, 6.07) is 1.33. The van der Waals surface area contributed by atoms with Crippen LogP contribution in [-0.4, -0.2) is 54.8 Å². The summed E-state index contributed by atoms with van der Waals surface area (Å²) >= 11 is 0.761. The number of rotatable bonds is 3. The van der Waals surface area contributed by atoms with E-state index >= 15 is 0 Å². The minimum atomic E-state index is -3.70. The topological polar surface area (TPSA) is 110 Å². The van der Waals surface area contributed by atoms with E-state index in [9.17, 15) is 18.5 Å². The predicted molar refractivity (Wildman–Crippen MR) is 78.7 cm³/mol. The first-order chi connectivity index (χ1) is 9.89. The van der Waals surface area contributed by atoms with E-state index in [1.165, 1.54) is 4.31 Å². The van der Waals surface area contributed by atoms with Gasteiger partial charge in [-0.05, 0) is 19.4 Å². The van der Waals surface area contributed by atoms with Gasteiger partial charge in [-0.1, -0.05) is 11.3 Å². The van der Waals surface area contributed by atoms with Crippen molar-refractivity contribution in [2.24, 2.45) is 0 Å². The molecule has 2 fully saturated rings. The lowest BCUT2D eigenvalue weighted by molar-refractivity contribution is -0.383. The normalized spacial score (nSPS) is 24.1. The maximum absolute atomic E-state index is 12.6. The van der Waals surface area contributed by atoms with Crippen LogP contribution in [0.2, 0.25) is 0 Å². The quantitative estimate of drug-likeness (QED) is 0.645. The summed E-state index contributed by atoms with van der Waals surface area (Å²) in [5.74, 6) is 0. The number of nitrogens with two attached hydrogens (primary N) is 1. The van der Waals surface area contributed by atoms with E-state index in [-0.39, 0.29) is 20.9 Å². The molecule has 21 heavy (non-hydrogen) atoms. The summed E-state index contributed by atoms with van der Waals surface area (Å²) in [4.78, 5) is 12.5. The van der Waals surface area contributed by atoms with Crippen LogP contribution in [0.4, 0.5) is 10.7 Å². The van der Waals surface area contributed by atoms with E-state index in [2.05, 4.69) is 4.90 Å². The molecule has 1 unspecified atom stereocenters. The van der Waals surface area contributed by atoms with Crippen LogP contribution in [0.15, 0.2) is 10.3 Å². The molecule has 1 atom stereocenters. The number of hydrogen-bond donors (Lipinski definition) is 1. The molecule has 0 aliphatic carbocycles. The number of anilines is 1. The molecule has 3 heterocycles. The van der Waals surface area contributed by atoms with Crippen LogP contribution in [0.3, 0.4) is 0 Å². The molecule has 3 rings (SSSR count). The molecular formula is C11H16N4O4S2. The number of hydrogen-bond acceptors (Lipinski definition) is 7. The first kappa shape index (κ1) is 14.7. The Balaban J connectivity index is 1.86. The number of nitro groups is 1. The molecule has 0 saturated carbocycles. The minimum absolute atomic E-state index is 0.0434. The number of nitrogen functional groups attached to an aromatic ring is 1. The average Bonchev–Trinajstić information content (AvgIpc) is 3.03. The summed E-state index contributed by atoms with van der Waals surface area (Å²) in [6.45, 7) is 2.61. The SMILES string of the molecule is Nc1sc(S(=O)(=O)N2CCN3CCCC3C2)cc1[N+](=O)[O-]. The number of nitrogens with zero attached hydrogens (tertiary/aromatic N) is 3. The van der Waals surface area contributed by atoms with Crippen molar-refractivity contribution in [1.29, 1.82) is 0 Å². The standard InChI is InChI=1S/C11H16N4O4S2/c12-11-9(15(16)17)6-10(20-11)21(18,19)14-5-4-13-3-1-2-8(13)7-14/h6,8H,1-5,7,12H2. The van der Waals surface area contributed by atoms with Crippen LogP contribution in [0, 0.1) is 10.1 Å². The van der Waals surface area contributed by atoms with Crippen molar-refractivity contribution in [3.63, 3.8) is 0 Å². The molecule has 116 valence electrons. The van der Waals surface area contributed by atoms with Crippen molar-refractivity contribution in [2.75, 3.05) is 31.9 Å². The van der Waals surface area contributed by atoms with Gasteiger partial charge in [-0.25, -0.2) is 8.42 Å². The molecule has 2 aliphatic heterocycles. The Morgan fingerprint density at radius 3 is 2.81 bits per heavy atom. The van der Waals surface area contributed by atoms with E-state index in [1.54, 1.807) is 0 Å². The van der Waals surface area contributed by atoms with Gasteiger partial charge in [0.25, 0.3) is 10.0 Å². The fourth-order valence-corrected chi connectivity index (χ4v) is 5.79. The van der Waals surface area contributed by atoms with Crippen molar-refractivity contribution >= 4 is 32.0 Å². The molecule has 10 heteroatoms. The third-order valence-corrected chi connectivity index (χ3v) is 7.33. The highest BCUT2D eigenvalue weighted by Gasteiger charge is 2.37. The summed E-state index contributed by atoms with van der Waals surface area (Å²) in [5, 5.41) is 10.7. The van der Waals surface area contributed by atoms with Gasteiger partial charge < -0.3 is 5.73 Å². The zero-order valence-corrected chi connectivity index (χ0v) is 12.9. The number of fused-ring (bicyclic) bond motifs is 1. The molecule has 1 aromatic rings. The van der Waals surface area contributed by atoms with E-state index < -0.39 is 14.9 Å². The van der Waals surface area contributed by atoms with Gasteiger partial charge in [0.2, 0.25) is 0 Å². The Morgan fingerprint density at radius 2 is 2.14 bits per heavy atom. The van der Waals surface area contributed by atoms with Gasteiger partial charge in [0, 0.05) is 31.7 Å². The molecular weight excluding hydrogens is 316 g/mol. The first-order valence-electron chi connectivity index (χ1n) is 6.67. The third kappa shape index (κ3) is 2.52. The fraction of sp³-hybridized carbons (Fsp3) is 0.636. The van der Waals surface area contributed by atoms with E-state index in [1.807, 2.05) is 0 Å². The van der Waals surface area contributed by atoms with Crippen LogP contribution in [0.5, 0.6) is 0 Å². The van der Waals surface area contributed by atoms with E-state index in [0.717, 1.165) is 36.8 Å². The maximum Gasteiger partial charge on any atom is 0.304 e. The van der Waals surface area contributed by atoms with Crippen molar-refractivity contribution in [3.05, 3.63) is 16.2 Å². The molecule has 2 aliphatic rings. The lowest BCUT2D eigenvalue weighted by atomic mass is 10.2. The lowest BCUT2D eigenvalue weighted by Gasteiger charge is -2.36. The van der Waals surface area contributed by atoms with Gasteiger partial charge in [0.1, 0.15) is 4.21 Å². The molecule has 0 bridgehead atoms. The molecule has 1 aromatic heterocycles. The summed E-state index contributed by atoms with van der Waals surface area (Å²) in [5.41, 5.74) is 5.20. The van der Waals surface area contributed by atoms with Gasteiger partial charge in [0.15, 0.2) is 5.00 Å². The third-order valence-electron chi connectivity index (χ3n) is 4.06. The molecule has 8 nitrogen and oxygen atoms in total. The summed E-state index contributed by atoms with van der Waals surface area (Å²) < 4.78 is 26.6. The number of piperazine rings is 1. The second-order valence-corrected chi connectivity index (χ2v) is 8.52. The Bertz CT molecular complexity index is 672.